The number of aromatic nitrogens is 2. The van der Waals surface area contributed by atoms with E-state index in [0.717, 1.165) is 36.2 Å². The topological polar surface area (TPSA) is 76.9 Å². The molecule has 0 bridgehead atoms. The van der Waals surface area contributed by atoms with Gasteiger partial charge in [0, 0.05) is 36.3 Å². The molecule has 1 aromatic heterocycles. The third kappa shape index (κ3) is 4.82. The van der Waals surface area contributed by atoms with E-state index < -0.39 is 0 Å². The molecule has 1 fully saturated rings. The largest absolute Gasteiger partial charge is 0.372 e. The fourth-order valence-electron chi connectivity index (χ4n) is 3.42. The van der Waals surface area contributed by atoms with E-state index in [-0.39, 0.29) is 0 Å². The summed E-state index contributed by atoms with van der Waals surface area (Å²) in [6.07, 6.45) is 4.23. The van der Waals surface area contributed by atoms with Crippen molar-refractivity contribution in [2.45, 2.75) is 19.8 Å². The minimum Gasteiger partial charge on any atom is -0.372 e. The number of nitriles is 1. The van der Waals surface area contributed by atoms with Crippen molar-refractivity contribution < 1.29 is 0 Å². The Morgan fingerprint density at radius 3 is 2.28 bits per heavy atom. The molecule has 6 heteroatoms. The van der Waals surface area contributed by atoms with Gasteiger partial charge >= 0.3 is 0 Å². The first-order valence-corrected chi connectivity index (χ1v) is 9.92. The minimum absolute atomic E-state index is 0.499. The average molecular weight is 384 g/mol. The molecule has 2 heterocycles. The maximum atomic E-state index is 8.89. The second-order valence-electron chi connectivity index (χ2n) is 7.42. The van der Waals surface area contributed by atoms with Crippen LogP contribution in [0.5, 0.6) is 0 Å². The third-order valence-corrected chi connectivity index (χ3v) is 5.21. The lowest BCUT2D eigenvalue weighted by atomic mass is 9.99. The zero-order valence-corrected chi connectivity index (χ0v) is 16.5. The molecule has 1 aliphatic heterocycles. The van der Waals surface area contributed by atoms with E-state index in [4.69, 9.17) is 5.26 Å². The van der Waals surface area contributed by atoms with Gasteiger partial charge in [0.1, 0.15) is 5.82 Å². The van der Waals surface area contributed by atoms with Gasteiger partial charge in [-0.05, 0) is 73.4 Å². The fraction of sp³-hybridized carbons (Fsp3) is 0.261. The number of anilines is 5. The zero-order chi connectivity index (χ0) is 20.1. The molecule has 146 valence electrons. The lowest BCUT2D eigenvalue weighted by Gasteiger charge is -2.32. The standard InChI is InChI=1S/C23H24N6/c1-17-11-14-29(15-12-17)21-8-6-19(7-9-21)26-22-10-13-25-23(28-22)27-20-4-2-18(16-24)3-5-20/h2-10,13,17H,11-12,14-15H2,1H3,(H2,25,26,27,28). The molecular weight excluding hydrogens is 360 g/mol. The Bertz CT molecular complexity index is 983. The van der Waals surface area contributed by atoms with Crippen LogP contribution < -0.4 is 15.5 Å². The summed E-state index contributed by atoms with van der Waals surface area (Å²) in [7, 11) is 0. The average Bonchev–Trinajstić information content (AvgIpc) is 2.76. The molecule has 1 saturated heterocycles. The number of hydrogen-bond donors (Lipinski definition) is 2. The van der Waals surface area contributed by atoms with Crippen LogP contribution in [0.25, 0.3) is 0 Å². The molecule has 0 aliphatic carbocycles. The molecule has 0 unspecified atom stereocenters. The van der Waals surface area contributed by atoms with E-state index in [1.807, 2.05) is 18.2 Å². The zero-order valence-electron chi connectivity index (χ0n) is 16.5. The number of hydrogen-bond acceptors (Lipinski definition) is 6. The maximum absolute atomic E-state index is 8.89. The third-order valence-electron chi connectivity index (χ3n) is 5.21. The van der Waals surface area contributed by atoms with Crippen molar-refractivity contribution in [2.75, 3.05) is 28.6 Å². The van der Waals surface area contributed by atoms with Gasteiger partial charge in [-0.1, -0.05) is 6.92 Å². The first-order chi connectivity index (χ1) is 14.2. The van der Waals surface area contributed by atoms with E-state index >= 15 is 0 Å². The minimum atomic E-state index is 0.499. The van der Waals surface area contributed by atoms with Gasteiger partial charge in [-0.15, -0.1) is 0 Å². The maximum Gasteiger partial charge on any atom is 0.229 e. The van der Waals surface area contributed by atoms with Crippen LogP contribution in [0.2, 0.25) is 0 Å². The van der Waals surface area contributed by atoms with Crippen LogP contribution in [-0.4, -0.2) is 23.1 Å². The van der Waals surface area contributed by atoms with Crippen molar-refractivity contribution in [3.8, 4) is 6.07 Å². The molecule has 2 aromatic carbocycles. The van der Waals surface area contributed by atoms with E-state index in [1.165, 1.54) is 18.5 Å². The van der Waals surface area contributed by atoms with E-state index in [9.17, 15) is 0 Å². The van der Waals surface area contributed by atoms with Crippen molar-refractivity contribution in [3.05, 3.63) is 66.4 Å². The molecule has 29 heavy (non-hydrogen) atoms. The van der Waals surface area contributed by atoms with E-state index in [1.54, 1.807) is 18.3 Å². The number of nitrogens with one attached hydrogen (secondary N) is 2. The second kappa shape index (κ2) is 8.61. The van der Waals surface area contributed by atoms with Crippen LogP contribution in [0.3, 0.4) is 0 Å². The molecule has 0 spiro atoms. The van der Waals surface area contributed by atoms with Gasteiger partial charge in [0.05, 0.1) is 11.6 Å². The Morgan fingerprint density at radius 2 is 1.59 bits per heavy atom. The quantitative estimate of drug-likeness (QED) is 0.639. The van der Waals surface area contributed by atoms with Gasteiger partial charge in [0.2, 0.25) is 5.95 Å². The summed E-state index contributed by atoms with van der Waals surface area (Å²) in [4.78, 5) is 11.2. The van der Waals surface area contributed by atoms with Gasteiger partial charge in [-0.3, -0.25) is 0 Å². The molecule has 0 radical (unpaired) electrons. The van der Waals surface area contributed by atoms with Crippen LogP contribution in [0.1, 0.15) is 25.3 Å². The van der Waals surface area contributed by atoms with Crippen molar-refractivity contribution in [1.29, 1.82) is 5.26 Å². The Morgan fingerprint density at radius 1 is 0.931 bits per heavy atom. The molecule has 0 amide bonds. The van der Waals surface area contributed by atoms with Crippen LogP contribution in [0, 0.1) is 17.2 Å². The molecule has 1 aliphatic rings. The van der Waals surface area contributed by atoms with Crippen LogP contribution in [0.4, 0.5) is 28.8 Å². The molecule has 3 aromatic rings. The van der Waals surface area contributed by atoms with Crippen LogP contribution in [0.15, 0.2) is 60.8 Å². The van der Waals surface area contributed by atoms with Gasteiger partial charge in [-0.25, -0.2) is 4.98 Å². The van der Waals surface area contributed by atoms with Crippen molar-refractivity contribution in [3.63, 3.8) is 0 Å². The molecule has 2 N–H and O–H groups in total. The molecule has 4 rings (SSSR count). The summed E-state index contributed by atoms with van der Waals surface area (Å²) in [5, 5.41) is 15.4. The SMILES string of the molecule is CC1CCN(c2ccc(Nc3ccnc(Nc4ccc(C#N)cc4)n3)cc2)CC1. The molecular formula is C23H24N6. The monoisotopic (exact) mass is 384 g/mol. The predicted octanol–water partition coefficient (Wildman–Crippen LogP) is 5.07. The number of piperidine rings is 1. The number of rotatable bonds is 5. The molecule has 6 nitrogen and oxygen atoms in total. The fourth-order valence-corrected chi connectivity index (χ4v) is 3.42. The molecule has 0 saturated carbocycles. The van der Waals surface area contributed by atoms with Gasteiger partial charge in [0.15, 0.2) is 0 Å². The second-order valence-corrected chi connectivity index (χ2v) is 7.42. The van der Waals surface area contributed by atoms with Gasteiger partial charge in [-0.2, -0.15) is 10.2 Å². The van der Waals surface area contributed by atoms with Crippen LogP contribution in [-0.2, 0) is 0 Å². The summed E-state index contributed by atoms with van der Waals surface area (Å²) in [6.45, 7) is 4.59. The highest BCUT2D eigenvalue weighted by Crippen LogP contribution is 2.25. The lowest BCUT2D eigenvalue weighted by molar-refractivity contribution is 0.438. The smallest absolute Gasteiger partial charge is 0.229 e. The molecule has 0 atom stereocenters. The Labute approximate surface area is 171 Å². The number of nitrogens with zero attached hydrogens (tertiary/aromatic N) is 4. The van der Waals surface area contributed by atoms with Crippen LogP contribution >= 0.6 is 0 Å². The van der Waals surface area contributed by atoms with Crippen molar-refractivity contribution >= 4 is 28.8 Å². The van der Waals surface area contributed by atoms with E-state index in [0.29, 0.717) is 11.5 Å². The Balaban J connectivity index is 1.40. The highest BCUT2D eigenvalue weighted by molar-refractivity contribution is 5.62. The van der Waals surface area contributed by atoms with Crippen molar-refractivity contribution in [1.82, 2.24) is 9.97 Å². The first kappa shape index (κ1) is 18.8. The first-order valence-electron chi connectivity index (χ1n) is 9.92. The number of benzene rings is 2. The van der Waals surface area contributed by atoms with Gasteiger partial charge < -0.3 is 15.5 Å². The summed E-state index contributed by atoms with van der Waals surface area (Å²) >= 11 is 0. The van der Waals surface area contributed by atoms with Crippen molar-refractivity contribution in [2.24, 2.45) is 5.92 Å². The summed E-state index contributed by atoms with van der Waals surface area (Å²) < 4.78 is 0. The summed E-state index contributed by atoms with van der Waals surface area (Å²) in [6, 6.07) is 19.6. The predicted molar refractivity (Wildman–Crippen MR) is 117 cm³/mol. The lowest BCUT2D eigenvalue weighted by Crippen LogP contribution is -2.32. The highest BCUT2D eigenvalue weighted by Gasteiger charge is 2.15. The Kier molecular flexibility index (Phi) is 5.57. The highest BCUT2D eigenvalue weighted by atomic mass is 15.1. The van der Waals surface area contributed by atoms with E-state index in [2.05, 4.69) is 62.8 Å². The Hall–Kier alpha value is -3.59. The van der Waals surface area contributed by atoms with Gasteiger partial charge in [0.25, 0.3) is 0 Å². The normalized spacial score (nSPS) is 14.3. The summed E-state index contributed by atoms with van der Waals surface area (Å²) in [5.74, 6) is 2.05. The summed E-state index contributed by atoms with van der Waals surface area (Å²) in [5.41, 5.74) is 3.71.